The SMILES string of the molecule is NCC1(F)CCCc2c(F)cccc21. The van der Waals surface area contributed by atoms with Crippen molar-refractivity contribution in [2.45, 2.75) is 24.9 Å². The molecule has 0 saturated heterocycles. The highest BCUT2D eigenvalue weighted by Gasteiger charge is 2.36. The van der Waals surface area contributed by atoms with Crippen LogP contribution in [0.1, 0.15) is 24.0 Å². The van der Waals surface area contributed by atoms with Crippen LogP contribution in [0.4, 0.5) is 8.78 Å². The number of nitrogens with two attached hydrogens (primary N) is 1. The molecular weight excluding hydrogens is 184 g/mol. The van der Waals surface area contributed by atoms with Gasteiger partial charge in [0.1, 0.15) is 11.5 Å². The van der Waals surface area contributed by atoms with E-state index in [1.807, 2.05) is 0 Å². The van der Waals surface area contributed by atoms with Crippen molar-refractivity contribution in [3.63, 3.8) is 0 Å². The minimum atomic E-state index is -1.52. The second-order valence-electron chi connectivity index (χ2n) is 3.79. The average molecular weight is 197 g/mol. The van der Waals surface area contributed by atoms with E-state index in [0.717, 1.165) is 0 Å². The Bertz CT molecular complexity index is 351. The van der Waals surface area contributed by atoms with Crippen LogP contribution in [0.25, 0.3) is 0 Å². The van der Waals surface area contributed by atoms with E-state index in [1.54, 1.807) is 12.1 Å². The molecule has 3 heteroatoms. The third-order valence-corrected chi connectivity index (χ3v) is 2.92. The van der Waals surface area contributed by atoms with Gasteiger partial charge in [0, 0.05) is 6.54 Å². The molecule has 0 aliphatic heterocycles. The fraction of sp³-hybridized carbons (Fsp3) is 0.455. The third-order valence-electron chi connectivity index (χ3n) is 2.92. The summed E-state index contributed by atoms with van der Waals surface area (Å²) in [7, 11) is 0. The van der Waals surface area contributed by atoms with Crippen LogP contribution in [0.2, 0.25) is 0 Å². The Morgan fingerprint density at radius 1 is 1.43 bits per heavy atom. The van der Waals surface area contributed by atoms with Gasteiger partial charge in [-0.1, -0.05) is 12.1 Å². The van der Waals surface area contributed by atoms with Crippen LogP contribution in [0, 0.1) is 5.82 Å². The smallest absolute Gasteiger partial charge is 0.148 e. The predicted molar refractivity (Wildman–Crippen MR) is 51.2 cm³/mol. The van der Waals surface area contributed by atoms with Gasteiger partial charge in [0.2, 0.25) is 0 Å². The number of rotatable bonds is 1. The van der Waals surface area contributed by atoms with E-state index in [-0.39, 0.29) is 12.4 Å². The maximum Gasteiger partial charge on any atom is 0.148 e. The Morgan fingerprint density at radius 2 is 2.21 bits per heavy atom. The second kappa shape index (κ2) is 3.31. The molecule has 2 N–H and O–H groups in total. The van der Waals surface area contributed by atoms with Crippen molar-refractivity contribution in [3.05, 3.63) is 35.1 Å². The van der Waals surface area contributed by atoms with Gasteiger partial charge in [-0.25, -0.2) is 8.78 Å². The van der Waals surface area contributed by atoms with Gasteiger partial charge in [-0.3, -0.25) is 0 Å². The maximum atomic E-state index is 14.2. The summed E-state index contributed by atoms with van der Waals surface area (Å²) < 4.78 is 27.5. The largest absolute Gasteiger partial charge is 0.327 e. The van der Waals surface area contributed by atoms with Gasteiger partial charge in [-0.2, -0.15) is 0 Å². The van der Waals surface area contributed by atoms with Crippen LogP contribution in [0.15, 0.2) is 18.2 Å². The van der Waals surface area contributed by atoms with E-state index in [9.17, 15) is 8.78 Å². The van der Waals surface area contributed by atoms with E-state index >= 15 is 0 Å². The third kappa shape index (κ3) is 1.32. The average Bonchev–Trinajstić information content (AvgIpc) is 2.20. The van der Waals surface area contributed by atoms with Gasteiger partial charge in [-0.15, -0.1) is 0 Å². The molecule has 1 aromatic rings. The number of halogens is 2. The predicted octanol–water partition coefficient (Wildman–Crippen LogP) is 2.29. The van der Waals surface area contributed by atoms with Gasteiger partial charge >= 0.3 is 0 Å². The second-order valence-corrected chi connectivity index (χ2v) is 3.79. The molecule has 1 nitrogen and oxygen atoms in total. The van der Waals surface area contributed by atoms with E-state index in [2.05, 4.69) is 0 Å². The van der Waals surface area contributed by atoms with Crippen molar-refractivity contribution >= 4 is 0 Å². The lowest BCUT2D eigenvalue weighted by Gasteiger charge is -2.31. The normalized spacial score (nSPS) is 25.9. The zero-order valence-electron chi connectivity index (χ0n) is 7.89. The van der Waals surface area contributed by atoms with E-state index in [4.69, 9.17) is 5.73 Å². The molecule has 0 spiro atoms. The first-order chi connectivity index (χ1) is 6.67. The summed E-state index contributed by atoms with van der Waals surface area (Å²) in [4.78, 5) is 0. The zero-order chi connectivity index (χ0) is 10.2. The highest BCUT2D eigenvalue weighted by atomic mass is 19.1. The summed E-state index contributed by atoms with van der Waals surface area (Å²) >= 11 is 0. The van der Waals surface area contributed by atoms with Crippen LogP contribution in [-0.2, 0) is 12.1 Å². The topological polar surface area (TPSA) is 26.0 Å². The molecule has 1 atom stereocenters. The highest BCUT2D eigenvalue weighted by Crippen LogP contribution is 2.38. The van der Waals surface area contributed by atoms with Crippen LogP contribution >= 0.6 is 0 Å². The fourth-order valence-electron chi connectivity index (χ4n) is 2.12. The molecule has 14 heavy (non-hydrogen) atoms. The van der Waals surface area contributed by atoms with Crippen LogP contribution in [0.3, 0.4) is 0 Å². The standard InChI is InChI=1S/C11H13F2N/c12-10-5-1-4-9-8(10)3-2-6-11(9,13)7-14/h1,4-5H,2-3,6-7,14H2. The molecule has 1 aromatic carbocycles. The number of hydrogen-bond donors (Lipinski definition) is 1. The quantitative estimate of drug-likeness (QED) is 0.734. The molecule has 0 heterocycles. The summed E-state index contributed by atoms with van der Waals surface area (Å²) in [6.45, 7) is -0.0660. The fourth-order valence-corrected chi connectivity index (χ4v) is 2.12. The molecule has 1 unspecified atom stereocenters. The van der Waals surface area contributed by atoms with Crippen molar-refractivity contribution in [1.29, 1.82) is 0 Å². The van der Waals surface area contributed by atoms with Gasteiger partial charge < -0.3 is 5.73 Å². The lowest BCUT2D eigenvalue weighted by atomic mass is 9.80. The van der Waals surface area contributed by atoms with Crippen molar-refractivity contribution < 1.29 is 8.78 Å². The Labute approximate surface area is 81.9 Å². The molecule has 0 fully saturated rings. The van der Waals surface area contributed by atoms with E-state index in [0.29, 0.717) is 30.4 Å². The van der Waals surface area contributed by atoms with Crippen LogP contribution in [-0.4, -0.2) is 6.54 Å². The minimum absolute atomic E-state index is 0.0660. The molecule has 0 bridgehead atoms. The maximum absolute atomic E-state index is 14.2. The zero-order valence-corrected chi connectivity index (χ0v) is 7.89. The molecule has 0 amide bonds. The summed E-state index contributed by atoms with van der Waals surface area (Å²) in [5.74, 6) is -0.308. The number of benzene rings is 1. The lowest BCUT2D eigenvalue weighted by molar-refractivity contribution is 0.145. The van der Waals surface area contributed by atoms with Crippen LogP contribution in [0.5, 0.6) is 0 Å². The molecule has 76 valence electrons. The summed E-state index contributed by atoms with van der Waals surface area (Å²) in [5.41, 5.74) is 4.84. The summed E-state index contributed by atoms with van der Waals surface area (Å²) in [6.07, 6.45) is 1.69. The molecule has 0 aromatic heterocycles. The first-order valence-electron chi connectivity index (χ1n) is 4.84. The van der Waals surface area contributed by atoms with Crippen molar-refractivity contribution in [2.75, 3.05) is 6.54 Å². The van der Waals surface area contributed by atoms with E-state index in [1.165, 1.54) is 6.07 Å². The Morgan fingerprint density at radius 3 is 2.93 bits per heavy atom. The van der Waals surface area contributed by atoms with Crippen LogP contribution < -0.4 is 5.73 Å². The van der Waals surface area contributed by atoms with Gasteiger partial charge in [0.25, 0.3) is 0 Å². The Kier molecular flexibility index (Phi) is 2.27. The Hall–Kier alpha value is -0.960. The molecule has 0 radical (unpaired) electrons. The summed E-state index contributed by atoms with van der Waals surface area (Å²) in [6, 6.07) is 4.56. The van der Waals surface area contributed by atoms with E-state index < -0.39 is 5.67 Å². The number of fused-ring (bicyclic) bond motifs is 1. The lowest BCUT2D eigenvalue weighted by Crippen LogP contribution is -2.34. The first kappa shape index (κ1) is 9.59. The number of hydrogen-bond acceptors (Lipinski definition) is 1. The first-order valence-corrected chi connectivity index (χ1v) is 4.84. The molecule has 1 aliphatic rings. The van der Waals surface area contributed by atoms with Gasteiger partial charge in [0.15, 0.2) is 0 Å². The summed E-state index contributed by atoms with van der Waals surface area (Å²) in [5, 5.41) is 0. The monoisotopic (exact) mass is 197 g/mol. The minimum Gasteiger partial charge on any atom is -0.327 e. The van der Waals surface area contributed by atoms with Crippen molar-refractivity contribution in [1.82, 2.24) is 0 Å². The van der Waals surface area contributed by atoms with Crippen molar-refractivity contribution in [3.8, 4) is 0 Å². The van der Waals surface area contributed by atoms with Gasteiger partial charge in [0.05, 0.1) is 0 Å². The molecular formula is C11H13F2N. The Balaban J connectivity index is 2.55. The van der Waals surface area contributed by atoms with Crippen molar-refractivity contribution in [2.24, 2.45) is 5.73 Å². The molecule has 0 saturated carbocycles. The molecule has 1 aliphatic carbocycles. The van der Waals surface area contributed by atoms with Gasteiger partial charge in [-0.05, 0) is 36.5 Å². The molecule has 2 rings (SSSR count). The number of alkyl halides is 1. The highest BCUT2D eigenvalue weighted by molar-refractivity contribution is 5.36.